The van der Waals surface area contributed by atoms with Crippen molar-refractivity contribution in [3.63, 3.8) is 0 Å². The summed E-state index contributed by atoms with van der Waals surface area (Å²) >= 11 is 5.89. The van der Waals surface area contributed by atoms with Crippen LogP contribution in [-0.4, -0.2) is 85.5 Å². The number of piperazine rings is 1. The van der Waals surface area contributed by atoms with Crippen molar-refractivity contribution >= 4 is 29.1 Å². The molecule has 0 bridgehead atoms. The number of anilines is 1. The lowest BCUT2D eigenvalue weighted by Gasteiger charge is -2.34. The minimum atomic E-state index is -2.96. The Labute approximate surface area is 174 Å². The number of likely N-dealkylation sites (N-methyl/N-ethyl adjacent to an activating group) is 1. The van der Waals surface area contributed by atoms with Gasteiger partial charge in [-0.05, 0) is 32.0 Å². The van der Waals surface area contributed by atoms with Gasteiger partial charge >= 0.3 is 6.61 Å². The van der Waals surface area contributed by atoms with Crippen LogP contribution < -0.4 is 10.1 Å². The lowest BCUT2D eigenvalue weighted by molar-refractivity contribution is -0.132. The number of ether oxygens (including phenoxy) is 1. The fourth-order valence-electron chi connectivity index (χ4n) is 3.15. The van der Waals surface area contributed by atoms with E-state index in [4.69, 9.17) is 11.6 Å². The molecule has 0 atom stereocenters. The zero-order chi connectivity index (χ0) is 21.4. The van der Waals surface area contributed by atoms with E-state index >= 15 is 0 Å². The van der Waals surface area contributed by atoms with E-state index in [9.17, 15) is 18.4 Å². The van der Waals surface area contributed by atoms with Crippen LogP contribution in [0, 0.1) is 0 Å². The molecule has 0 spiro atoms. The van der Waals surface area contributed by atoms with E-state index in [1.165, 1.54) is 18.2 Å². The fourth-order valence-corrected chi connectivity index (χ4v) is 3.37. The van der Waals surface area contributed by atoms with Crippen molar-refractivity contribution in [2.24, 2.45) is 0 Å². The number of carbonyl (C=O) groups is 2. The number of nitrogens with zero attached hydrogens (tertiary/aromatic N) is 3. The smallest absolute Gasteiger partial charge is 0.387 e. The predicted octanol–water partition coefficient (Wildman–Crippen LogP) is 2.37. The summed E-state index contributed by atoms with van der Waals surface area (Å²) in [5, 5.41) is 2.70. The van der Waals surface area contributed by atoms with E-state index in [0.717, 1.165) is 0 Å². The average Bonchev–Trinajstić information content (AvgIpc) is 2.66. The summed E-state index contributed by atoms with van der Waals surface area (Å²) in [5.74, 6) is -0.247. The predicted molar refractivity (Wildman–Crippen MR) is 108 cm³/mol. The Morgan fingerprint density at radius 3 is 2.24 bits per heavy atom. The maximum atomic E-state index is 12.3. The van der Waals surface area contributed by atoms with Gasteiger partial charge in [-0.25, -0.2) is 0 Å². The fraction of sp³-hybridized carbons (Fsp3) is 0.579. The summed E-state index contributed by atoms with van der Waals surface area (Å²) in [4.78, 5) is 30.4. The minimum Gasteiger partial charge on any atom is -0.433 e. The topological polar surface area (TPSA) is 65.1 Å². The van der Waals surface area contributed by atoms with Crippen molar-refractivity contribution in [2.75, 3.05) is 57.7 Å². The van der Waals surface area contributed by atoms with Gasteiger partial charge < -0.3 is 15.0 Å². The molecule has 0 aromatic heterocycles. The molecule has 1 aromatic rings. The summed E-state index contributed by atoms with van der Waals surface area (Å²) in [7, 11) is 0. The average molecular weight is 433 g/mol. The standard InChI is InChI=1S/C19H27ClF2N4O3/c1-3-26(4-2)18(28)13-25-9-7-24(8-10-25)12-17(27)23-14-5-6-16(15(20)11-14)29-19(21)22/h5-6,11,19H,3-4,7-10,12-13H2,1-2H3,(H,23,27). The first-order valence-corrected chi connectivity index (χ1v) is 9.96. The van der Waals surface area contributed by atoms with Gasteiger partial charge in [0.05, 0.1) is 18.1 Å². The monoisotopic (exact) mass is 432 g/mol. The minimum absolute atomic E-state index is 0.00501. The number of carbonyl (C=O) groups excluding carboxylic acids is 2. The molecule has 29 heavy (non-hydrogen) atoms. The van der Waals surface area contributed by atoms with Crippen LogP contribution in [0.4, 0.5) is 14.5 Å². The molecule has 7 nitrogen and oxygen atoms in total. The second-order valence-corrected chi connectivity index (χ2v) is 7.10. The van der Waals surface area contributed by atoms with Crippen molar-refractivity contribution in [1.29, 1.82) is 0 Å². The van der Waals surface area contributed by atoms with Crippen molar-refractivity contribution in [3.8, 4) is 5.75 Å². The van der Waals surface area contributed by atoms with Crippen molar-refractivity contribution in [2.45, 2.75) is 20.5 Å². The molecule has 1 saturated heterocycles. The number of nitrogens with one attached hydrogen (secondary N) is 1. The van der Waals surface area contributed by atoms with E-state index < -0.39 is 6.61 Å². The highest BCUT2D eigenvalue weighted by Gasteiger charge is 2.22. The van der Waals surface area contributed by atoms with E-state index in [0.29, 0.717) is 51.5 Å². The molecular formula is C19H27ClF2N4O3. The molecule has 162 valence electrons. The third-order valence-electron chi connectivity index (χ3n) is 4.74. The lowest BCUT2D eigenvalue weighted by Crippen LogP contribution is -2.51. The first-order valence-electron chi connectivity index (χ1n) is 9.59. The van der Waals surface area contributed by atoms with Gasteiger partial charge in [-0.1, -0.05) is 11.6 Å². The summed E-state index contributed by atoms with van der Waals surface area (Å²) in [6.45, 7) is 5.75. The summed E-state index contributed by atoms with van der Waals surface area (Å²) in [6, 6.07) is 4.11. The zero-order valence-corrected chi connectivity index (χ0v) is 17.4. The normalized spacial score (nSPS) is 15.4. The molecule has 1 N–H and O–H groups in total. The highest BCUT2D eigenvalue weighted by molar-refractivity contribution is 6.32. The van der Waals surface area contributed by atoms with Crippen LogP contribution in [0.2, 0.25) is 5.02 Å². The highest BCUT2D eigenvalue weighted by atomic mass is 35.5. The number of benzene rings is 1. The number of hydrogen-bond acceptors (Lipinski definition) is 5. The molecule has 2 rings (SSSR count). The van der Waals surface area contributed by atoms with Gasteiger partial charge in [-0.15, -0.1) is 0 Å². The van der Waals surface area contributed by atoms with Crippen LogP contribution in [0.5, 0.6) is 5.75 Å². The van der Waals surface area contributed by atoms with Crippen LogP contribution in [0.1, 0.15) is 13.8 Å². The van der Waals surface area contributed by atoms with E-state index in [2.05, 4.69) is 15.0 Å². The molecule has 1 heterocycles. The van der Waals surface area contributed by atoms with E-state index in [1.54, 1.807) is 0 Å². The van der Waals surface area contributed by atoms with Gasteiger partial charge in [0, 0.05) is 45.0 Å². The Kier molecular flexibility index (Phi) is 9.06. The Morgan fingerprint density at radius 1 is 1.14 bits per heavy atom. The zero-order valence-electron chi connectivity index (χ0n) is 16.7. The maximum absolute atomic E-state index is 12.3. The summed E-state index contributed by atoms with van der Waals surface area (Å²) in [5.41, 5.74) is 0.407. The molecule has 1 aliphatic heterocycles. The SMILES string of the molecule is CCN(CC)C(=O)CN1CCN(CC(=O)Nc2ccc(OC(F)F)c(Cl)c2)CC1. The van der Waals surface area contributed by atoms with Crippen LogP contribution in [0.25, 0.3) is 0 Å². The van der Waals surface area contributed by atoms with Gasteiger partial charge in [0.1, 0.15) is 5.75 Å². The maximum Gasteiger partial charge on any atom is 0.387 e. The second-order valence-electron chi connectivity index (χ2n) is 6.69. The number of alkyl halides is 2. The Hall–Kier alpha value is -1.97. The third kappa shape index (κ3) is 7.41. The van der Waals surface area contributed by atoms with Gasteiger partial charge in [-0.3, -0.25) is 19.4 Å². The first kappa shape index (κ1) is 23.3. The summed E-state index contributed by atoms with van der Waals surface area (Å²) in [6.07, 6.45) is 0. The molecule has 0 saturated carbocycles. The van der Waals surface area contributed by atoms with Crippen LogP contribution in [0.15, 0.2) is 18.2 Å². The van der Waals surface area contributed by atoms with Crippen molar-refractivity contribution in [1.82, 2.24) is 14.7 Å². The highest BCUT2D eigenvalue weighted by Crippen LogP contribution is 2.28. The molecular weight excluding hydrogens is 406 g/mol. The molecule has 10 heteroatoms. The summed E-state index contributed by atoms with van der Waals surface area (Å²) < 4.78 is 28.8. The molecule has 0 aliphatic carbocycles. The number of amides is 2. The van der Waals surface area contributed by atoms with E-state index in [1.807, 2.05) is 23.6 Å². The quantitative estimate of drug-likeness (QED) is 0.649. The molecule has 0 radical (unpaired) electrons. The Morgan fingerprint density at radius 2 is 1.72 bits per heavy atom. The second kappa shape index (κ2) is 11.3. The van der Waals surface area contributed by atoms with Crippen molar-refractivity contribution < 1.29 is 23.1 Å². The van der Waals surface area contributed by atoms with Gasteiger partial charge in [0.25, 0.3) is 0 Å². The third-order valence-corrected chi connectivity index (χ3v) is 5.03. The van der Waals surface area contributed by atoms with Crippen LogP contribution >= 0.6 is 11.6 Å². The lowest BCUT2D eigenvalue weighted by atomic mass is 10.2. The Balaban J connectivity index is 1.77. The largest absolute Gasteiger partial charge is 0.433 e. The van der Waals surface area contributed by atoms with Crippen LogP contribution in [0.3, 0.4) is 0 Å². The van der Waals surface area contributed by atoms with Crippen LogP contribution in [-0.2, 0) is 9.59 Å². The van der Waals surface area contributed by atoms with Gasteiger partial charge in [0.2, 0.25) is 11.8 Å². The number of rotatable bonds is 9. The molecule has 1 fully saturated rings. The number of halogens is 3. The molecule has 2 amide bonds. The molecule has 0 unspecified atom stereocenters. The van der Waals surface area contributed by atoms with Gasteiger partial charge in [-0.2, -0.15) is 8.78 Å². The number of hydrogen-bond donors (Lipinski definition) is 1. The van der Waals surface area contributed by atoms with Gasteiger partial charge in [0.15, 0.2) is 0 Å². The van der Waals surface area contributed by atoms with Crippen molar-refractivity contribution in [3.05, 3.63) is 23.2 Å². The first-order chi connectivity index (χ1) is 13.8. The van der Waals surface area contributed by atoms with E-state index in [-0.39, 0.29) is 29.1 Å². The molecule has 1 aliphatic rings. The molecule has 1 aromatic carbocycles. The Bertz CT molecular complexity index is 696.